The monoisotopic (exact) mass is 178 g/mol. The zero-order chi connectivity index (χ0) is 9.68. The second kappa shape index (κ2) is 4.67. The van der Waals surface area contributed by atoms with E-state index in [1.54, 1.807) is 12.1 Å². The number of aliphatic hydroxyl groups is 1. The van der Waals surface area contributed by atoms with Gasteiger partial charge in [-0.05, 0) is 24.5 Å². The fourth-order valence-electron chi connectivity index (χ4n) is 1.20. The van der Waals surface area contributed by atoms with Crippen LogP contribution in [0, 0.1) is 0 Å². The Morgan fingerprint density at radius 3 is 2.62 bits per heavy atom. The SMILES string of the molecule is C=C(CCCO)c1ccccc1O. The lowest BCUT2D eigenvalue weighted by molar-refractivity contribution is 0.290. The molecule has 1 aromatic rings. The van der Waals surface area contributed by atoms with Crippen LogP contribution < -0.4 is 0 Å². The maximum atomic E-state index is 9.46. The molecule has 0 amide bonds. The molecule has 0 aromatic heterocycles. The van der Waals surface area contributed by atoms with Gasteiger partial charge in [-0.3, -0.25) is 0 Å². The summed E-state index contributed by atoms with van der Waals surface area (Å²) in [7, 11) is 0. The molecule has 0 saturated carbocycles. The standard InChI is InChI=1S/C11H14O2/c1-9(5-4-8-12)10-6-2-3-7-11(10)13/h2-3,6-7,12-13H,1,4-5,8H2. The van der Waals surface area contributed by atoms with E-state index in [0.717, 1.165) is 11.1 Å². The van der Waals surface area contributed by atoms with Gasteiger partial charge in [0, 0.05) is 12.2 Å². The largest absolute Gasteiger partial charge is 0.507 e. The summed E-state index contributed by atoms with van der Waals surface area (Å²) in [6, 6.07) is 7.10. The van der Waals surface area contributed by atoms with Crippen LogP contribution in [0.15, 0.2) is 30.8 Å². The molecular formula is C11H14O2. The van der Waals surface area contributed by atoms with Crippen LogP contribution in [0.2, 0.25) is 0 Å². The van der Waals surface area contributed by atoms with Crippen LogP contribution in [0.4, 0.5) is 0 Å². The van der Waals surface area contributed by atoms with E-state index in [9.17, 15) is 5.11 Å². The Morgan fingerprint density at radius 1 is 1.31 bits per heavy atom. The highest BCUT2D eigenvalue weighted by Gasteiger charge is 2.02. The summed E-state index contributed by atoms with van der Waals surface area (Å²) in [5, 5.41) is 18.1. The summed E-state index contributed by atoms with van der Waals surface area (Å²) in [5.41, 5.74) is 1.64. The Bertz CT molecular complexity index is 292. The Hall–Kier alpha value is -1.28. The van der Waals surface area contributed by atoms with E-state index < -0.39 is 0 Å². The van der Waals surface area contributed by atoms with E-state index in [0.29, 0.717) is 12.8 Å². The van der Waals surface area contributed by atoms with E-state index in [-0.39, 0.29) is 12.4 Å². The molecule has 0 atom stereocenters. The van der Waals surface area contributed by atoms with Crippen molar-refractivity contribution < 1.29 is 10.2 Å². The first-order chi connectivity index (χ1) is 6.25. The first kappa shape index (κ1) is 9.81. The van der Waals surface area contributed by atoms with Crippen molar-refractivity contribution in [3.63, 3.8) is 0 Å². The van der Waals surface area contributed by atoms with Crippen molar-refractivity contribution in [3.8, 4) is 5.75 Å². The smallest absolute Gasteiger partial charge is 0.123 e. The van der Waals surface area contributed by atoms with Crippen LogP contribution in [0.3, 0.4) is 0 Å². The van der Waals surface area contributed by atoms with Crippen molar-refractivity contribution in [2.24, 2.45) is 0 Å². The topological polar surface area (TPSA) is 40.5 Å². The van der Waals surface area contributed by atoms with Crippen molar-refractivity contribution in [1.29, 1.82) is 0 Å². The van der Waals surface area contributed by atoms with Crippen LogP contribution >= 0.6 is 0 Å². The van der Waals surface area contributed by atoms with Crippen molar-refractivity contribution >= 4 is 5.57 Å². The number of hydrogen-bond donors (Lipinski definition) is 2. The molecule has 0 spiro atoms. The number of phenols is 1. The predicted molar refractivity (Wildman–Crippen MR) is 53.5 cm³/mol. The molecule has 2 nitrogen and oxygen atoms in total. The van der Waals surface area contributed by atoms with Crippen molar-refractivity contribution in [2.75, 3.05) is 6.61 Å². The Balaban J connectivity index is 2.71. The third kappa shape index (κ3) is 2.60. The summed E-state index contributed by atoms with van der Waals surface area (Å²) in [6.07, 6.45) is 1.40. The van der Waals surface area contributed by atoms with Crippen molar-refractivity contribution in [3.05, 3.63) is 36.4 Å². The van der Waals surface area contributed by atoms with E-state index >= 15 is 0 Å². The van der Waals surface area contributed by atoms with E-state index in [1.807, 2.05) is 12.1 Å². The molecule has 0 fully saturated rings. The molecule has 70 valence electrons. The first-order valence-electron chi connectivity index (χ1n) is 4.32. The highest BCUT2D eigenvalue weighted by molar-refractivity contribution is 5.68. The van der Waals surface area contributed by atoms with Crippen LogP contribution in [0.25, 0.3) is 5.57 Å². The molecule has 0 bridgehead atoms. The van der Waals surface area contributed by atoms with E-state index in [2.05, 4.69) is 6.58 Å². The molecule has 0 aliphatic rings. The molecule has 0 aliphatic heterocycles. The number of allylic oxidation sites excluding steroid dienone is 1. The van der Waals surface area contributed by atoms with Gasteiger partial charge in [-0.15, -0.1) is 0 Å². The number of hydrogen-bond acceptors (Lipinski definition) is 2. The lowest BCUT2D eigenvalue weighted by atomic mass is 10.0. The lowest BCUT2D eigenvalue weighted by Gasteiger charge is -2.06. The van der Waals surface area contributed by atoms with Crippen LogP contribution in [0.1, 0.15) is 18.4 Å². The summed E-state index contributed by atoms with van der Waals surface area (Å²) in [5.74, 6) is 0.255. The quantitative estimate of drug-likeness (QED) is 0.741. The molecule has 0 radical (unpaired) electrons. The van der Waals surface area contributed by atoms with Crippen molar-refractivity contribution in [2.45, 2.75) is 12.8 Å². The molecular weight excluding hydrogens is 164 g/mol. The number of para-hydroxylation sites is 1. The fourth-order valence-corrected chi connectivity index (χ4v) is 1.20. The minimum Gasteiger partial charge on any atom is -0.507 e. The normalized spacial score (nSPS) is 9.92. The molecule has 2 N–H and O–H groups in total. The van der Waals surface area contributed by atoms with E-state index in [1.165, 1.54) is 0 Å². The summed E-state index contributed by atoms with van der Waals surface area (Å²) in [6.45, 7) is 4.01. The number of aromatic hydroxyl groups is 1. The van der Waals surface area contributed by atoms with Gasteiger partial charge in [-0.2, -0.15) is 0 Å². The number of phenolic OH excluding ortho intramolecular Hbond substituents is 1. The summed E-state index contributed by atoms with van der Waals surface area (Å²) >= 11 is 0. The van der Waals surface area contributed by atoms with Gasteiger partial charge in [-0.25, -0.2) is 0 Å². The lowest BCUT2D eigenvalue weighted by Crippen LogP contribution is -1.87. The van der Waals surface area contributed by atoms with Gasteiger partial charge >= 0.3 is 0 Å². The molecule has 0 unspecified atom stereocenters. The molecule has 2 heteroatoms. The minimum absolute atomic E-state index is 0.159. The van der Waals surface area contributed by atoms with Gasteiger partial charge in [0.25, 0.3) is 0 Å². The molecule has 1 rings (SSSR count). The molecule has 1 aromatic carbocycles. The summed E-state index contributed by atoms with van der Waals surface area (Å²) < 4.78 is 0. The molecule has 13 heavy (non-hydrogen) atoms. The average molecular weight is 178 g/mol. The van der Waals surface area contributed by atoms with Gasteiger partial charge < -0.3 is 10.2 Å². The number of benzene rings is 1. The second-order valence-corrected chi connectivity index (χ2v) is 2.95. The minimum atomic E-state index is 0.159. The molecule has 0 heterocycles. The van der Waals surface area contributed by atoms with E-state index in [4.69, 9.17) is 5.11 Å². The van der Waals surface area contributed by atoms with Crippen molar-refractivity contribution in [1.82, 2.24) is 0 Å². The molecule has 0 saturated heterocycles. The van der Waals surface area contributed by atoms with Crippen LogP contribution in [-0.4, -0.2) is 16.8 Å². The van der Waals surface area contributed by atoms with Gasteiger partial charge in [0.15, 0.2) is 0 Å². The van der Waals surface area contributed by atoms with Gasteiger partial charge in [0.05, 0.1) is 0 Å². The average Bonchev–Trinajstić information content (AvgIpc) is 2.15. The highest BCUT2D eigenvalue weighted by atomic mass is 16.3. The van der Waals surface area contributed by atoms with Gasteiger partial charge in [0.1, 0.15) is 5.75 Å². The molecule has 0 aliphatic carbocycles. The Kier molecular flexibility index (Phi) is 3.53. The Morgan fingerprint density at radius 2 is 2.00 bits per heavy atom. The number of rotatable bonds is 4. The first-order valence-corrected chi connectivity index (χ1v) is 4.32. The van der Waals surface area contributed by atoms with Crippen LogP contribution in [-0.2, 0) is 0 Å². The third-order valence-corrected chi connectivity index (χ3v) is 1.92. The highest BCUT2D eigenvalue weighted by Crippen LogP contribution is 2.25. The zero-order valence-corrected chi connectivity index (χ0v) is 7.53. The van der Waals surface area contributed by atoms with Gasteiger partial charge in [-0.1, -0.05) is 24.8 Å². The van der Waals surface area contributed by atoms with Gasteiger partial charge in [0.2, 0.25) is 0 Å². The van der Waals surface area contributed by atoms with Crippen LogP contribution in [0.5, 0.6) is 5.75 Å². The Labute approximate surface area is 78.2 Å². The fraction of sp³-hybridized carbons (Fsp3) is 0.273. The maximum Gasteiger partial charge on any atom is 0.123 e. The zero-order valence-electron chi connectivity index (χ0n) is 7.53. The summed E-state index contributed by atoms with van der Waals surface area (Å²) in [4.78, 5) is 0. The maximum absolute atomic E-state index is 9.46. The predicted octanol–water partition coefficient (Wildman–Crippen LogP) is 2.18. The third-order valence-electron chi connectivity index (χ3n) is 1.92. The second-order valence-electron chi connectivity index (χ2n) is 2.95. The number of aliphatic hydroxyl groups excluding tert-OH is 1.